The number of likely N-dealkylation sites (N-methyl/N-ethyl adjacent to an activating group) is 1. The van der Waals surface area contributed by atoms with E-state index >= 15 is 0 Å². The van der Waals surface area contributed by atoms with Crippen molar-refractivity contribution in [2.24, 2.45) is 0 Å². The second kappa shape index (κ2) is 8.77. The van der Waals surface area contributed by atoms with Gasteiger partial charge in [0.15, 0.2) is 17.5 Å². The van der Waals surface area contributed by atoms with Gasteiger partial charge in [-0.1, -0.05) is 6.92 Å². The van der Waals surface area contributed by atoms with Crippen LogP contribution >= 0.6 is 0 Å². The number of carbonyl (C=O) groups is 1. The van der Waals surface area contributed by atoms with Gasteiger partial charge in [0.2, 0.25) is 0 Å². The third-order valence-electron chi connectivity index (χ3n) is 6.70. The molecule has 0 aliphatic carbocycles. The number of aromatic nitrogens is 4. The van der Waals surface area contributed by atoms with Gasteiger partial charge >= 0.3 is 12.0 Å². The molecule has 33 heavy (non-hydrogen) atoms. The summed E-state index contributed by atoms with van der Waals surface area (Å²) in [7, 11) is 0. The zero-order valence-corrected chi connectivity index (χ0v) is 20.1. The molecule has 0 bridgehead atoms. The molecule has 0 radical (unpaired) electrons. The summed E-state index contributed by atoms with van der Waals surface area (Å²) in [6.07, 6.45) is 1.06. The molecule has 0 unspecified atom stereocenters. The topological polar surface area (TPSA) is 103 Å². The quantitative estimate of drug-likeness (QED) is 0.707. The van der Waals surface area contributed by atoms with Gasteiger partial charge in [-0.15, -0.1) is 0 Å². The number of ether oxygens (including phenoxy) is 1. The smallest absolute Gasteiger partial charge is 0.321 e. The number of hydrogen-bond donors (Lipinski definition) is 2. The molecule has 1 fully saturated rings. The van der Waals surface area contributed by atoms with Gasteiger partial charge in [-0.25, -0.2) is 14.2 Å². The second-order valence-electron chi connectivity index (χ2n) is 9.20. The van der Waals surface area contributed by atoms with Crippen molar-refractivity contribution in [3.05, 3.63) is 23.3 Å². The van der Waals surface area contributed by atoms with Gasteiger partial charge in [-0.3, -0.25) is 10.00 Å². The molecule has 4 rings (SSSR count). The summed E-state index contributed by atoms with van der Waals surface area (Å²) in [4.78, 5) is 27.8. The number of nitrogens with zero attached hydrogens (tertiary/aromatic N) is 6. The van der Waals surface area contributed by atoms with Gasteiger partial charge in [0.25, 0.3) is 0 Å². The van der Waals surface area contributed by atoms with E-state index in [1.165, 1.54) is 0 Å². The van der Waals surface area contributed by atoms with Crippen molar-refractivity contribution < 1.29 is 13.9 Å². The highest BCUT2D eigenvalue weighted by molar-refractivity contribution is 5.78. The highest BCUT2D eigenvalue weighted by Gasteiger charge is 2.46. The van der Waals surface area contributed by atoms with Crippen molar-refractivity contribution in [1.82, 2.24) is 34.9 Å². The average Bonchev–Trinajstić information content (AvgIpc) is 3.29. The number of urea groups is 1. The fourth-order valence-corrected chi connectivity index (χ4v) is 4.74. The zero-order chi connectivity index (χ0) is 23.9. The van der Waals surface area contributed by atoms with E-state index in [0.29, 0.717) is 31.6 Å². The number of H-pyrrole nitrogens is 1. The Morgan fingerprint density at radius 1 is 1.27 bits per heavy atom. The Morgan fingerprint density at radius 2 is 2.03 bits per heavy atom. The molecule has 180 valence electrons. The molecule has 0 spiro atoms. The lowest BCUT2D eigenvalue weighted by molar-refractivity contribution is 0.0373. The van der Waals surface area contributed by atoms with Crippen LogP contribution in [0.15, 0.2) is 6.20 Å². The zero-order valence-electron chi connectivity index (χ0n) is 20.1. The number of anilines is 2. The minimum atomic E-state index is -0.614. The van der Waals surface area contributed by atoms with Gasteiger partial charge < -0.3 is 19.9 Å². The minimum absolute atomic E-state index is 0.00231. The summed E-state index contributed by atoms with van der Waals surface area (Å²) in [5.41, 5.74) is 1.05. The summed E-state index contributed by atoms with van der Waals surface area (Å²) in [5.74, 6) is -0.203. The van der Waals surface area contributed by atoms with Gasteiger partial charge in [0.1, 0.15) is 0 Å². The van der Waals surface area contributed by atoms with Crippen molar-refractivity contribution in [1.29, 1.82) is 0 Å². The van der Waals surface area contributed by atoms with Crippen LogP contribution in [0.5, 0.6) is 6.01 Å². The maximum Gasteiger partial charge on any atom is 0.321 e. The lowest BCUT2D eigenvalue weighted by Gasteiger charge is -2.46. The summed E-state index contributed by atoms with van der Waals surface area (Å²) in [6.45, 7) is 15.4. The molecule has 2 aromatic rings. The van der Waals surface area contributed by atoms with E-state index in [2.05, 4.69) is 51.2 Å². The van der Waals surface area contributed by atoms with Crippen molar-refractivity contribution in [2.45, 2.75) is 65.7 Å². The Hall–Kier alpha value is -2.95. The Bertz CT molecular complexity index is 1030. The van der Waals surface area contributed by atoms with Gasteiger partial charge in [-0.05, 0) is 41.2 Å². The molecule has 1 saturated heterocycles. The molecule has 0 saturated carbocycles. The molecule has 11 heteroatoms. The molecule has 2 amide bonds. The summed E-state index contributed by atoms with van der Waals surface area (Å²) < 4.78 is 19.6. The first-order valence-corrected chi connectivity index (χ1v) is 11.5. The van der Waals surface area contributed by atoms with Crippen molar-refractivity contribution in [2.75, 3.05) is 31.6 Å². The molecule has 10 nitrogen and oxygen atoms in total. The SMILES string of the molecule is CCOc1ncc(F)c(Nc2n[nH]c3c2CN(C(=O)N2C[C@@H](C)N(CC)C[C@@H]2C)C3(C)C)n1. The highest BCUT2D eigenvalue weighted by atomic mass is 19.1. The monoisotopic (exact) mass is 460 g/mol. The standard InChI is InChI=1S/C22H33FN8O2/c1-7-29-10-14(4)30(11-13(29)3)21(32)31-12-15-17(22(31,5)6)27-28-18(15)25-19-16(23)9-24-20(26-19)33-8-2/h9,13-14H,7-8,10-12H2,1-6H3,(H2,24,25,26,27,28)/t13-,14+/m1/s1. The Kier molecular flexibility index (Phi) is 6.17. The van der Waals surface area contributed by atoms with Crippen LogP contribution in [0.2, 0.25) is 0 Å². The van der Waals surface area contributed by atoms with Crippen molar-refractivity contribution >= 4 is 17.7 Å². The van der Waals surface area contributed by atoms with E-state index in [1.807, 2.05) is 23.6 Å². The van der Waals surface area contributed by atoms with Gasteiger partial charge in [-0.2, -0.15) is 10.1 Å². The van der Waals surface area contributed by atoms with Crippen LogP contribution in [-0.2, 0) is 12.1 Å². The molecule has 4 heterocycles. The molecule has 0 aromatic carbocycles. The summed E-state index contributed by atoms with van der Waals surface area (Å²) >= 11 is 0. The van der Waals surface area contributed by atoms with Crippen LogP contribution in [0.1, 0.15) is 52.8 Å². The average molecular weight is 461 g/mol. The van der Waals surface area contributed by atoms with E-state index in [0.717, 1.165) is 30.5 Å². The molecule has 2 aliphatic heterocycles. The van der Waals surface area contributed by atoms with E-state index in [1.54, 1.807) is 6.92 Å². The van der Waals surface area contributed by atoms with Crippen LogP contribution in [0, 0.1) is 5.82 Å². The van der Waals surface area contributed by atoms with Crippen LogP contribution in [0.4, 0.5) is 20.8 Å². The Labute approximate surface area is 193 Å². The molecule has 2 aliphatic rings. The first-order chi connectivity index (χ1) is 15.7. The summed E-state index contributed by atoms with van der Waals surface area (Å²) in [6, 6.07) is 0.502. The fourth-order valence-electron chi connectivity index (χ4n) is 4.74. The number of amides is 2. The third-order valence-corrected chi connectivity index (χ3v) is 6.70. The third kappa shape index (κ3) is 4.09. The highest BCUT2D eigenvalue weighted by Crippen LogP contribution is 2.42. The Balaban J connectivity index is 1.56. The first-order valence-electron chi connectivity index (χ1n) is 11.5. The van der Waals surface area contributed by atoms with Crippen molar-refractivity contribution in [3.63, 3.8) is 0 Å². The largest absolute Gasteiger partial charge is 0.464 e. The van der Waals surface area contributed by atoms with Crippen molar-refractivity contribution in [3.8, 4) is 6.01 Å². The number of fused-ring (bicyclic) bond motifs is 1. The van der Waals surface area contributed by atoms with E-state index < -0.39 is 11.4 Å². The van der Waals surface area contributed by atoms with E-state index in [-0.39, 0.29) is 23.9 Å². The molecular formula is C22H33FN8O2. The van der Waals surface area contributed by atoms with Crippen LogP contribution in [0.25, 0.3) is 0 Å². The van der Waals surface area contributed by atoms with E-state index in [4.69, 9.17) is 4.74 Å². The fraction of sp³-hybridized carbons (Fsp3) is 0.636. The van der Waals surface area contributed by atoms with Gasteiger partial charge in [0.05, 0.1) is 30.6 Å². The maximum atomic E-state index is 14.3. The number of hydrogen-bond acceptors (Lipinski definition) is 7. The van der Waals surface area contributed by atoms with Crippen LogP contribution < -0.4 is 10.1 Å². The number of carbonyl (C=O) groups excluding carboxylic acids is 1. The lowest BCUT2D eigenvalue weighted by atomic mass is 10.0. The normalized spacial score (nSPS) is 22.4. The second-order valence-corrected chi connectivity index (χ2v) is 9.20. The maximum absolute atomic E-state index is 14.3. The molecular weight excluding hydrogens is 427 g/mol. The number of rotatable bonds is 5. The number of piperazine rings is 1. The number of halogens is 1. The lowest BCUT2D eigenvalue weighted by Crippen LogP contribution is -2.61. The van der Waals surface area contributed by atoms with E-state index in [9.17, 15) is 9.18 Å². The first kappa shape index (κ1) is 23.2. The molecule has 2 N–H and O–H groups in total. The number of nitrogens with one attached hydrogen (secondary N) is 2. The predicted molar refractivity (Wildman–Crippen MR) is 122 cm³/mol. The van der Waals surface area contributed by atoms with Gasteiger partial charge in [0, 0.05) is 30.7 Å². The summed E-state index contributed by atoms with van der Waals surface area (Å²) in [5, 5.41) is 10.3. The molecule has 2 atom stereocenters. The Morgan fingerprint density at radius 3 is 2.73 bits per heavy atom. The predicted octanol–water partition coefficient (Wildman–Crippen LogP) is 3.07. The minimum Gasteiger partial charge on any atom is -0.464 e. The van der Waals surface area contributed by atoms with Crippen LogP contribution in [-0.4, -0.2) is 79.2 Å². The number of aromatic amines is 1. The van der Waals surface area contributed by atoms with Crippen LogP contribution in [0.3, 0.4) is 0 Å². The molecule has 2 aromatic heterocycles.